The molecule has 21 heavy (non-hydrogen) atoms. The minimum absolute atomic E-state index is 0.0705. The number of benzene rings is 1. The lowest BCUT2D eigenvalue weighted by molar-refractivity contribution is -0.117. The van der Waals surface area contributed by atoms with Crippen LogP contribution in [0.15, 0.2) is 34.9 Å². The Kier molecular flexibility index (Phi) is 4.88. The first-order valence-corrected chi connectivity index (χ1v) is 6.66. The Balaban J connectivity index is 1.90. The summed E-state index contributed by atoms with van der Waals surface area (Å²) in [5, 5.41) is 12.8. The molecule has 0 aliphatic rings. The van der Waals surface area contributed by atoms with Gasteiger partial charge in [-0.1, -0.05) is 15.9 Å². The van der Waals surface area contributed by atoms with Crippen molar-refractivity contribution in [3.63, 3.8) is 0 Å². The molecule has 0 radical (unpaired) electrons. The number of nitrogens with zero attached hydrogens (tertiary/aromatic N) is 3. The number of aromatic nitrogens is 3. The van der Waals surface area contributed by atoms with Crippen LogP contribution in [0.1, 0.15) is 0 Å². The molecule has 0 spiro atoms. The van der Waals surface area contributed by atoms with Gasteiger partial charge in [-0.05, 0) is 24.3 Å². The fraction of sp³-hybridized carbons (Fsp3) is 0.167. The van der Waals surface area contributed by atoms with Crippen molar-refractivity contribution in [1.82, 2.24) is 15.0 Å². The van der Waals surface area contributed by atoms with Crippen molar-refractivity contribution < 1.29 is 14.3 Å². The molecule has 2 aromatic rings. The number of ether oxygens (including phenoxy) is 1. The molecule has 2 N–H and O–H groups in total. The molecular formula is C12H12BrN5O3. The van der Waals surface area contributed by atoms with E-state index in [4.69, 9.17) is 0 Å². The molecule has 0 aliphatic carbocycles. The molecule has 2 amide bonds. The Labute approximate surface area is 128 Å². The SMILES string of the molecule is COC(=O)Nc1cnn(CC(=O)Nc2ccc(Br)cc2)n1. The van der Waals surface area contributed by atoms with Crippen LogP contribution < -0.4 is 10.6 Å². The quantitative estimate of drug-likeness (QED) is 0.873. The lowest BCUT2D eigenvalue weighted by Crippen LogP contribution is -2.20. The van der Waals surface area contributed by atoms with Crippen LogP contribution in [0.5, 0.6) is 0 Å². The van der Waals surface area contributed by atoms with E-state index in [1.54, 1.807) is 12.1 Å². The molecule has 2 rings (SSSR count). The summed E-state index contributed by atoms with van der Waals surface area (Å²) in [5.41, 5.74) is 0.670. The number of carbonyl (C=O) groups excluding carboxylic acids is 2. The third-order valence-electron chi connectivity index (χ3n) is 2.37. The van der Waals surface area contributed by atoms with Gasteiger partial charge in [0.25, 0.3) is 0 Å². The van der Waals surface area contributed by atoms with Gasteiger partial charge in [0.15, 0.2) is 5.82 Å². The van der Waals surface area contributed by atoms with E-state index in [9.17, 15) is 9.59 Å². The molecule has 0 saturated heterocycles. The molecule has 1 heterocycles. The van der Waals surface area contributed by atoms with Crippen LogP contribution in [-0.2, 0) is 16.1 Å². The van der Waals surface area contributed by atoms with Crippen LogP contribution in [0.25, 0.3) is 0 Å². The summed E-state index contributed by atoms with van der Waals surface area (Å²) in [5.74, 6) is -0.0733. The molecule has 0 unspecified atom stereocenters. The number of methoxy groups -OCH3 is 1. The van der Waals surface area contributed by atoms with E-state index in [0.717, 1.165) is 4.47 Å². The average Bonchev–Trinajstić information content (AvgIpc) is 2.88. The van der Waals surface area contributed by atoms with Crippen molar-refractivity contribution in [2.75, 3.05) is 17.7 Å². The third kappa shape index (κ3) is 4.56. The maximum Gasteiger partial charge on any atom is 0.412 e. The lowest BCUT2D eigenvalue weighted by Gasteiger charge is -2.04. The molecule has 0 atom stereocenters. The molecule has 0 fully saturated rings. The van der Waals surface area contributed by atoms with Crippen molar-refractivity contribution in [2.24, 2.45) is 0 Å². The Bertz CT molecular complexity index is 641. The van der Waals surface area contributed by atoms with Crippen molar-refractivity contribution in [3.05, 3.63) is 34.9 Å². The molecule has 8 nitrogen and oxygen atoms in total. The predicted octanol–water partition coefficient (Wildman–Crippen LogP) is 1.86. The maximum atomic E-state index is 11.8. The number of hydrogen-bond donors (Lipinski definition) is 2. The summed E-state index contributed by atoms with van der Waals surface area (Å²) in [4.78, 5) is 24.0. The smallest absolute Gasteiger partial charge is 0.412 e. The number of anilines is 2. The zero-order valence-electron chi connectivity index (χ0n) is 11.0. The van der Waals surface area contributed by atoms with Crippen LogP contribution in [0.3, 0.4) is 0 Å². The highest BCUT2D eigenvalue weighted by atomic mass is 79.9. The normalized spacial score (nSPS) is 10.0. The Morgan fingerprint density at radius 2 is 2.00 bits per heavy atom. The lowest BCUT2D eigenvalue weighted by atomic mass is 10.3. The van der Waals surface area contributed by atoms with Crippen LogP contribution in [0, 0.1) is 0 Å². The van der Waals surface area contributed by atoms with E-state index in [1.165, 1.54) is 18.1 Å². The minimum Gasteiger partial charge on any atom is -0.453 e. The van der Waals surface area contributed by atoms with Gasteiger partial charge < -0.3 is 10.1 Å². The Morgan fingerprint density at radius 1 is 1.29 bits per heavy atom. The first-order chi connectivity index (χ1) is 10.1. The van der Waals surface area contributed by atoms with Gasteiger partial charge in [-0.15, -0.1) is 5.10 Å². The van der Waals surface area contributed by atoms with Gasteiger partial charge in [0.1, 0.15) is 6.54 Å². The van der Waals surface area contributed by atoms with Gasteiger partial charge in [-0.2, -0.15) is 9.90 Å². The standard InChI is InChI=1S/C12H12BrN5O3/c1-21-12(20)16-10-6-14-18(17-10)7-11(19)15-9-4-2-8(13)3-5-9/h2-6H,7H2,1H3,(H,15,19)(H,16,17,20). The highest BCUT2D eigenvalue weighted by Gasteiger charge is 2.08. The number of rotatable bonds is 4. The maximum absolute atomic E-state index is 11.8. The summed E-state index contributed by atoms with van der Waals surface area (Å²) < 4.78 is 5.35. The Hall–Kier alpha value is -2.42. The van der Waals surface area contributed by atoms with Gasteiger partial charge in [0, 0.05) is 10.2 Å². The first kappa shape index (κ1) is 15.0. The molecule has 1 aromatic heterocycles. The molecule has 0 bridgehead atoms. The van der Waals surface area contributed by atoms with Crippen molar-refractivity contribution >= 4 is 39.4 Å². The van der Waals surface area contributed by atoms with E-state index in [-0.39, 0.29) is 18.3 Å². The van der Waals surface area contributed by atoms with Crippen molar-refractivity contribution in [1.29, 1.82) is 0 Å². The average molecular weight is 354 g/mol. The highest BCUT2D eigenvalue weighted by molar-refractivity contribution is 9.10. The fourth-order valence-electron chi connectivity index (χ4n) is 1.45. The molecule has 0 saturated carbocycles. The van der Waals surface area contributed by atoms with Crippen LogP contribution >= 0.6 is 15.9 Å². The van der Waals surface area contributed by atoms with E-state index in [1.807, 2.05) is 12.1 Å². The fourth-order valence-corrected chi connectivity index (χ4v) is 1.71. The number of amides is 2. The monoisotopic (exact) mass is 353 g/mol. The molecular weight excluding hydrogens is 342 g/mol. The first-order valence-electron chi connectivity index (χ1n) is 5.87. The second-order valence-corrected chi connectivity index (χ2v) is 4.85. The summed E-state index contributed by atoms with van der Waals surface area (Å²) in [6.45, 7) is -0.0705. The third-order valence-corrected chi connectivity index (χ3v) is 2.89. The zero-order chi connectivity index (χ0) is 15.2. The molecule has 1 aromatic carbocycles. The van der Waals surface area contributed by atoms with E-state index < -0.39 is 6.09 Å². The minimum atomic E-state index is -0.652. The number of carbonyl (C=O) groups is 2. The Morgan fingerprint density at radius 3 is 2.67 bits per heavy atom. The summed E-state index contributed by atoms with van der Waals surface area (Å²) in [6.07, 6.45) is 0.672. The van der Waals surface area contributed by atoms with Crippen LogP contribution in [-0.4, -0.2) is 34.1 Å². The zero-order valence-corrected chi connectivity index (χ0v) is 12.6. The summed E-state index contributed by atoms with van der Waals surface area (Å²) >= 11 is 3.31. The van der Waals surface area contributed by atoms with E-state index >= 15 is 0 Å². The summed E-state index contributed by atoms with van der Waals surface area (Å²) in [7, 11) is 1.24. The van der Waals surface area contributed by atoms with Gasteiger partial charge >= 0.3 is 6.09 Å². The van der Waals surface area contributed by atoms with E-state index in [2.05, 4.69) is 41.5 Å². The topological polar surface area (TPSA) is 98.1 Å². The number of halogens is 1. The second kappa shape index (κ2) is 6.84. The second-order valence-electron chi connectivity index (χ2n) is 3.93. The van der Waals surface area contributed by atoms with Crippen molar-refractivity contribution in [2.45, 2.75) is 6.54 Å². The van der Waals surface area contributed by atoms with Crippen LogP contribution in [0.4, 0.5) is 16.3 Å². The largest absolute Gasteiger partial charge is 0.453 e. The highest BCUT2D eigenvalue weighted by Crippen LogP contribution is 2.14. The van der Waals surface area contributed by atoms with Gasteiger partial charge in [-0.25, -0.2) is 4.79 Å². The van der Waals surface area contributed by atoms with Crippen LogP contribution in [0.2, 0.25) is 0 Å². The van der Waals surface area contributed by atoms with Gasteiger partial charge in [-0.3, -0.25) is 10.1 Å². The van der Waals surface area contributed by atoms with Gasteiger partial charge in [0.05, 0.1) is 13.3 Å². The predicted molar refractivity (Wildman–Crippen MR) is 78.8 cm³/mol. The van der Waals surface area contributed by atoms with Crippen molar-refractivity contribution in [3.8, 4) is 0 Å². The number of nitrogens with one attached hydrogen (secondary N) is 2. The summed E-state index contributed by atoms with van der Waals surface area (Å²) in [6, 6.07) is 7.17. The van der Waals surface area contributed by atoms with E-state index in [0.29, 0.717) is 5.69 Å². The molecule has 9 heteroatoms. The molecule has 0 aliphatic heterocycles. The van der Waals surface area contributed by atoms with Gasteiger partial charge in [0.2, 0.25) is 5.91 Å². The number of hydrogen-bond acceptors (Lipinski definition) is 5. The molecule has 110 valence electrons.